The zero-order valence-electron chi connectivity index (χ0n) is 6.29. The van der Waals surface area contributed by atoms with E-state index in [1.807, 2.05) is 0 Å². The molecule has 64 valence electrons. The molecule has 0 aliphatic heterocycles. The molecular formula is C8H9NO3. The second-order valence-electron chi connectivity index (χ2n) is 2.36. The van der Waals surface area contributed by atoms with Crippen molar-refractivity contribution in [3.8, 4) is 0 Å². The van der Waals surface area contributed by atoms with Crippen molar-refractivity contribution in [1.82, 2.24) is 4.98 Å². The van der Waals surface area contributed by atoms with Crippen LogP contribution in [0.3, 0.4) is 0 Å². The second-order valence-corrected chi connectivity index (χ2v) is 2.36. The highest BCUT2D eigenvalue weighted by Crippen LogP contribution is 2.13. The smallest absolute Gasteiger partial charge is 0.151 e. The topological polar surface area (TPSA) is 70.4 Å². The lowest BCUT2D eigenvalue weighted by Crippen LogP contribution is -2.19. The monoisotopic (exact) mass is 167 g/mol. The van der Waals surface area contributed by atoms with Crippen molar-refractivity contribution in [2.45, 2.75) is 12.2 Å². The Morgan fingerprint density at radius 1 is 1.50 bits per heavy atom. The fourth-order valence-corrected chi connectivity index (χ4v) is 0.823. The number of hydrogen-bond donors (Lipinski definition) is 2. The summed E-state index contributed by atoms with van der Waals surface area (Å²) in [5, 5.41) is 18.2. The van der Waals surface area contributed by atoms with Crippen molar-refractivity contribution in [3.63, 3.8) is 0 Å². The molecule has 2 unspecified atom stereocenters. The fourth-order valence-electron chi connectivity index (χ4n) is 0.823. The minimum atomic E-state index is -1.38. The summed E-state index contributed by atoms with van der Waals surface area (Å²) in [7, 11) is 0. The molecular weight excluding hydrogens is 158 g/mol. The van der Waals surface area contributed by atoms with Crippen molar-refractivity contribution in [1.29, 1.82) is 0 Å². The first-order valence-electron chi connectivity index (χ1n) is 3.47. The molecule has 1 aromatic rings. The summed E-state index contributed by atoms with van der Waals surface area (Å²) in [5.41, 5.74) is 0.428. The Bertz CT molecular complexity index is 250. The van der Waals surface area contributed by atoms with Gasteiger partial charge in [0.05, 0.1) is 0 Å². The first-order valence-corrected chi connectivity index (χ1v) is 3.47. The highest BCUT2D eigenvalue weighted by molar-refractivity contribution is 5.57. The maximum Gasteiger partial charge on any atom is 0.151 e. The van der Waals surface area contributed by atoms with Crippen LogP contribution in [0, 0.1) is 0 Å². The molecule has 1 heterocycles. The van der Waals surface area contributed by atoms with Gasteiger partial charge in [-0.25, -0.2) is 0 Å². The van der Waals surface area contributed by atoms with E-state index in [4.69, 9.17) is 5.11 Å². The third kappa shape index (κ3) is 1.87. The summed E-state index contributed by atoms with van der Waals surface area (Å²) in [5.74, 6) is 0. The number of aliphatic hydroxyl groups excluding tert-OH is 2. The SMILES string of the molecule is O=CC(O)C(O)c1cccnc1. The molecule has 0 fully saturated rings. The minimum Gasteiger partial charge on any atom is -0.385 e. The molecule has 4 nitrogen and oxygen atoms in total. The van der Waals surface area contributed by atoms with Crippen LogP contribution in [0.25, 0.3) is 0 Å². The zero-order chi connectivity index (χ0) is 8.97. The van der Waals surface area contributed by atoms with Crippen molar-refractivity contribution >= 4 is 6.29 Å². The minimum absolute atomic E-state index is 0.289. The maximum atomic E-state index is 10.1. The number of aliphatic hydroxyl groups is 2. The Morgan fingerprint density at radius 2 is 2.25 bits per heavy atom. The lowest BCUT2D eigenvalue weighted by molar-refractivity contribution is -0.120. The normalized spacial score (nSPS) is 15.2. The van der Waals surface area contributed by atoms with Crippen LogP contribution in [-0.4, -0.2) is 27.6 Å². The van der Waals surface area contributed by atoms with Crippen molar-refractivity contribution < 1.29 is 15.0 Å². The number of nitrogens with zero attached hydrogens (tertiary/aromatic N) is 1. The van der Waals surface area contributed by atoms with E-state index >= 15 is 0 Å². The predicted octanol–water partition coefficient (Wildman–Crippen LogP) is -0.325. The van der Waals surface area contributed by atoms with E-state index in [0.29, 0.717) is 5.56 Å². The van der Waals surface area contributed by atoms with Gasteiger partial charge >= 0.3 is 0 Å². The van der Waals surface area contributed by atoms with E-state index in [-0.39, 0.29) is 6.29 Å². The van der Waals surface area contributed by atoms with Crippen LogP contribution in [0.1, 0.15) is 11.7 Å². The molecule has 0 spiro atoms. The Balaban J connectivity index is 2.78. The van der Waals surface area contributed by atoms with E-state index in [2.05, 4.69) is 4.98 Å². The summed E-state index contributed by atoms with van der Waals surface area (Å²) < 4.78 is 0. The molecule has 1 aromatic heterocycles. The van der Waals surface area contributed by atoms with E-state index in [1.165, 1.54) is 6.20 Å². The number of pyridine rings is 1. The molecule has 12 heavy (non-hydrogen) atoms. The molecule has 0 aromatic carbocycles. The molecule has 0 saturated carbocycles. The molecule has 0 saturated heterocycles. The van der Waals surface area contributed by atoms with Crippen LogP contribution in [0.2, 0.25) is 0 Å². The standard InChI is InChI=1S/C8H9NO3/c10-5-7(11)8(12)6-2-1-3-9-4-6/h1-5,7-8,11-12H. The molecule has 0 radical (unpaired) electrons. The highest BCUT2D eigenvalue weighted by Gasteiger charge is 2.16. The fraction of sp³-hybridized carbons (Fsp3) is 0.250. The molecule has 2 N–H and O–H groups in total. The van der Waals surface area contributed by atoms with Gasteiger partial charge in [0.25, 0.3) is 0 Å². The van der Waals surface area contributed by atoms with Gasteiger partial charge in [0.2, 0.25) is 0 Å². The number of hydrogen-bond acceptors (Lipinski definition) is 4. The number of rotatable bonds is 3. The molecule has 0 bridgehead atoms. The Hall–Kier alpha value is -1.26. The lowest BCUT2D eigenvalue weighted by atomic mass is 10.1. The molecule has 2 atom stereocenters. The van der Waals surface area contributed by atoms with E-state index < -0.39 is 12.2 Å². The largest absolute Gasteiger partial charge is 0.385 e. The summed E-state index contributed by atoms with van der Waals surface area (Å²) >= 11 is 0. The van der Waals surface area contributed by atoms with Gasteiger partial charge in [-0.05, 0) is 6.07 Å². The summed E-state index contributed by atoms with van der Waals surface area (Å²) in [6.07, 6.45) is 0.670. The summed E-state index contributed by atoms with van der Waals surface area (Å²) in [4.78, 5) is 13.8. The Kier molecular flexibility index (Phi) is 2.90. The quantitative estimate of drug-likeness (QED) is 0.605. The summed E-state index contributed by atoms with van der Waals surface area (Å²) in [6, 6.07) is 3.21. The maximum absolute atomic E-state index is 10.1. The van der Waals surface area contributed by atoms with E-state index in [1.54, 1.807) is 18.3 Å². The van der Waals surface area contributed by atoms with Crippen LogP contribution in [0.4, 0.5) is 0 Å². The van der Waals surface area contributed by atoms with Crippen LogP contribution < -0.4 is 0 Å². The first-order chi connectivity index (χ1) is 5.75. The van der Waals surface area contributed by atoms with Gasteiger partial charge in [0.1, 0.15) is 12.2 Å². The van der Waals surface area contributed by atoms with Gasteiger partial charge in [-0.2, -0.15) is 0 Å². The van der Waals surface area contributed by atoms with Crippen LogP contribution in [0.15, 0.2) is 24.5 Å². The zero-order valence-corrected chi connectivity index (χ0v) is 6.29. The molecule has 0 amide bonds. The van der Waals surface area contributed by atoms with E-state index in [9.17, 15) is 9.90 Å². The first kappa shape index (κ1) is 8.83. The molecule has 0 aliphatic rings. The third-order valence-electron chi connectivity index (χ3n) is 1.49. The number of carbonyl (C=O) groups excluding carboxylic acids is 1. The van der Waals surface area contributed by atoms with Gasteiger partial charge < -0.3 is 15.0 Å². The van der Waals surface area contributed by atoms with Gasteiger partial charge in [-0.3, -0.25) is 4.98 Å². The Labute approximate surface area is 69.5 Å². The van der Waals surface area contributed by atoms with Crippen LogP contribution in [0.5, 0.6) is 0 Å². The number of aldehydes is 1. The molecule has 1 rings (SSSR count). The van der Waals surface area contributed by atoms with E-state index in [0.717, 1.165) is 0 Å². The number of carbonyl (C=O) groups is 1. The van der Waals surface area contributed by atoms with Crippen molar-refractivity contribution in [3.05, 3.63) is 30.1 Å². The summed E-state index contributed by atoms with van der Waals surface area (Å²) in [6.45, 7) is 0. The van der Waals surface area contributed by atoms with Gasteiger partial charge in [-0.15, -0.1) is 0 Å². The van der Waals surface area contributed by atoms with Crippen molar-refractivity contribution in [2.75, 3.05) is 0 Å². The van der Waals surface area contributed by atoms with Crippen molar-refractivity contribution in [2.24, 2.45) is 0 Å². The Morgan fingerprint density at radius 3 is 2.75 bits per heavy atom. The predicted molar refractivity (Wildman–Crippen MR) is 41.3 cm³/mol. The van der Waals surface area contributed by atoms with Crippen LogP contribution >= 0.6 is 0 Å². The molecule has 4 heteroatoms. The number of aromatic nitrogens is 1. The van der Waals surface area contributed by atoms with Gasteiger partial charge in [0.15, 0.2) is 6.29 Å². The second kappa shape index (κ2) is 3.94. The van der Waals surface area contributed by atoms with Gasteiger partial charge in [-0.1, -0.05) is 6.07 Å². The lowest BCUT2D eigenvalue weighted by Gasteiger charge is -2.11. The molecule has 0 aliphatic carbocycles. The average molecular weight is 167 g/mol. The third-order valence-corrected chi connectivity index (χ3v) is 1.49. The van der Waals surface area contributed by atoms with Gasteiger partial charge in [0, 0.05) is 18.0 Å². The highest BCUT2D eigenvalue weighted by atomic mass is 16.3. The average Bonchev–Trinajstić information content (AvgIpc) is 2.17. The van der Waals surface area contributed by atoms with Crippen LogP contribution in [-0.2, 0) is 4.79 Å².